The van der Waals surface area contributed by atoms with Gasteiger partial charge in [-0.3, -0.25) is 14.5 Å². The number of anilines is 1. The average molecular weight is 479 g/mol. The van der Waals surface area contributed by atoms with Gasteiger partial charge in [0.25, 0.3) is 0 Å². The summed E-state index contributed by atoms with van der Waals surface area (Å²) in [4.78, 5) is 29.4. The highest BCUT2D eigenvalue weighted by atomic mass is 16.2. The van der Waals surface area contributed by atoms with Crippen molar-refractivity contribution in [3.05, 3.63) is 65.7 Å². The Morgan fingerprint density at radius 3 is 2.29 bits per heavy atom. The third-order valence-electron chi connectivity index (χ3n) is 7.38. The minimum Gasteiger partial charge on any atom is -0.370 e. The van der Waals surface area contributed by atoms with Gasteiger partial charge in [-0.25, -0.2) is 0 Å². The second-order valence-corrected chi connectivity index (χ2v) is 9.90. The molecule has 2 N–H and O–H groups in total. The predicted molar refractivity (Wildman–Crippen MR) is 144 cm³/mol. The van der Waals surface area contributed by atoms with Crippen LogP contribution in [0, 0.1) is 6.92 Å². The lowest BCUT2D eigenvalue weighted by Gasteiger charge is -2.45. The first-order chi connectivity index (χ1) is 16.8. The van der Waals surface area contributed by atoms with Gasteiger partial charge in [-0.2, -0.15) is 0 Å². The van der Waals surface area contributed by atoms with Crippen molar-refractivity contribution < 1.29 is 9.59 Å². The molecule has 6 nitrogen and oxygen atoms in total. The number of hydrogen-bond acceptors (Lipinski definition) is 4. The monoisotopic (exact) mass is 478 g/mol. The van der Waals surface area contributed by atoms with Crippen molar-refractivity contribution >= 4 is 17.5 Å². The van der Waals surface area contributed by atoms with Crippen LogP contribution in [0.3, 0.4) is 0 Å². The molecule has 0 radical (unpaired) electrons. The SMILES string of the molecule is CCN(CCNC(=O)CCC(=O)NC1CCC(c2ccccc2)(N(C)C)CC1)c1cccc(C)c1. The van der Waals surface area contributed by atoms with Crippen LogP contribution >= 0.6 is 0 Å². The first-order valence-electron chi connectivity index (χ1n) is 12.9. The summed E-state index contributed by atoms with van der Waals surface area (Å²) in [6, 6.07) is 19.2. The standard InChI is InChI=1S/C29H42N4O2/c1-5-33(26-13-9-10-23(2)22-26)21-20-30-27(34)14-15-28(35)31-25-16-18-29(19-17-25,32(3)4)24-11-7-6-8-12-24/h6-13,22,25H,5,14-21H2,1-4H3,(H,30,34)(H,31,35). The minimum atomic E-state index is -0.0696. The molecule has 0 aromatic heterocycles. The van der Waals surface area contributed by atoms with Gasteiger partial charge in [-0.05, 0) is 76.9 Å². The van der Waals surface area contributed by atoms with Gasteiger partial charge in [0.1, 0.15) is 0 Å². The number of carbonyl (C=O) groups is 2. The molecule has 0 bridgehead atoms. The molecule has 0 atom stereocenters. The number of amides is 2. The van der Waals surface area contributed by atoms with Crippen LogP contribution in [0.25, 0.3) is 0 Å². The van der Waals surface area contributed by atoms with Crippen molar-refractivity contribution in [1.82, 2.24) is 15.5 Å². The Balaban J connectivity index is 1.38. The fraction of sp³-hybridized carbons (Fsp3) is 0.517. The number of rotatable bonds is 11. The van der Waals surface area contributed by atoms with Crippen LogP contribution in [-0.2, 0) is 15.1 Å². The van der Waals surface area contributed by atoms with E-state index in [-0.39, 0.29) is 36.2 Å². The number of aryl methyl sites for hydroxylation is 1. The maximum atomic E-state index is 12.5. The molecule has 1 aliphatic carbocycles. The highest BCUT2D eigenvalue weighted by Gasteiger charge is 2.38. The maximum Gasteiger partial charge on any atom is 0.220 e. The van der Waals surface area contributed by atoms with E-state index in [1.54, 1.807) is 0 Å². The van der Waals surface area contributed by atoms with E-state index in [0.29, 0.717) is 6.54 Å². The van der Waals surface area contributed by atoms with Gasteiger partial charge in [0.15, 0.2) is 0 Å². The van der Waals surface area contributed by atoms with E-state index in [4.69, 9.17) is 0 Å². The van der Waals surface area contributed by atoms with Crippen LogP contribution in [0.15, 0.2) is 54.6 Å². The molecule has 0 heterocycles. The lowest BCUT2D eigenvalue weighted by molar-refractivity contribution is -0.127. The first kappa shape index (κ1) is 26.7. The topological polar surface area (TPSA) is 64.7 Å². The van der Waals surface area contributed by atoms with Gasteiger partial charge < -0.3 is 15.5 Å². The van der Waals surface area contributed by atoms with Crippen molar-refractivity contribution in [2.75, 3.05) is 38.6 Å². The summed E-state index contributed by atoms with van der Waals surface area (Å²) >= 11 is 0. The van der Waals surface area contributed by atoms with Crippen molar-refractivity contribution in [3.8, 4) is 0 Å². The van der Waals surface area contributed by atoms with E-state index in [1.807, 2.05) is 0 Å². The molecule has 1 saturated carbocycles. The molecule has 190 valence electrons. The van der Waals surface area contributed by atoms with Gasteiger partial charge in [0, 0.05) is 49.7 Å². The molecule has 0 saturated heterocycles. The van der Waals surface area contributed by atoms with Crippen molar-refractivity contribution in [3.63, 3.8) is 0 Å². The highest BCUT2D eigenvalue weighted by molar-refractivity contribution is 5.83. The van der Waals surface area contributed by atoms with E-state index in [2.05, 4.69) is 103 Å². The third-order valence-corrected chi connectivity index (χ3v) is 7.38. The Kier molecular flexibility index (Phi) is 9.73. The Morgan fingerprint density at radius 1 is 0.971 bits per heavy atom. The van der Waals surface area contributed by atoms with Crippen LogP contribution in [0.4, 0.5) is 5.69 Å². The zero-order chi connectivity index (χ0) is 25.3. The second-order valence-electron chi connectivity index (χ2n) is 9.90. The molecular formula is C29H42N4O2. The van der Waals surface area contributed by atoms with Crippen molar-refractivity contribution in [2.45, 2.75) is 64.0 Å². The minimum absolute atomic E-state index is 0.0210. The van der Waals surface area contributed by atoms with E-state index in [9.17, 15) is 9.59 Å². The molecule has 0 spiro atoms. The molecule has 6 heteroatoms. The molecule has 1 fully saturated rings. The van der Waals surface area contributed by atoms with Gasteiger partial charge >= 0.3 is 0 Å². The molecule has 0 aliphatic heterocycles. The van der Waals surface area contributed by atoms with Gasteiger partial charge in [-0.15, -0.1) is 0 Å². The zero-order valence-corrected chi connectivity index (χ0v) is 21.8. The Morgan fingerprint density at radius 2 is 1.66 bits per heavy atom. The van der Waals surface area contributed by atoms with Gasteiger partial charge in [0.2, 0.25) is 11.8 Å². The quantitative estimate of drug-likeness (QED) is 0.507. The summed E-state index contributed by atoms with van der Waals surface area (Å²) < 4.78 is 0. The molecular weight excluding hydrogens is 436 g/mol. The molecule has 1 aliphatic rings. The Bertz CT molecular complexity index is 952. The van der Waals surface area contributed by atoms with E-state index < -0.39 is 0 Å². The molecule has 2 aromatic carbocycles. The summed E-state index contributed by atoms with van der Waals surface area (Å²) in [5.74, 6) is -0.100. The predicted octanol–water partition coefficient (Wildman–Crippen LogP) is 4.23. The van der Waals surface area contributed by atoms with Crippen molar-refractivity contribution in [1.29, 1.82) is 0 Å². The largest absolute Gasteiger partial charge is 0.370 e. The van der Waals surface area contributed by atoms with Crippen LogP contribution < -0.4 is 15.5 Å². The Hall–Kier alpha value is -2.86. The summed E-state index contributed by atoms with van der Waals surface area (Å²) in [5.41, 5.74) is 3.75. The summed E-state index contributed by atoms with van der Waals surface area (Å²) in [7, 11) is 4.29. The highest BCUT2D eigenvalue weighted by Crippen LogP contribution is 2.41. The number of likely N-dealkylation sites (N-methyl/N-ethyl adjacent to an activating group) is 1. The van der Waals surface area contributed by atoms with Crippen molar-refractivity contribution in [2.24, 2.45) is 0 Å². The molecule has 0 unspecified atom stereocenters. The van der Waals surface area contributed by atoms with Crippen LogP contribution in [0.2, 0.25) is 0 Å². The third kappa shape index (κ3) is 7.31. The number of hydrogen-bond donors (Lipinski definition) is 2. The average Bonchev–Trinajstić information content (AvgIpc) is 2.86. The number of nitrogens with one attached hydrogen (secondary N) is 2. The smallest absolute Gasteiger partial charge is 0.220 e. The fourth-order valence-electron chi connectivity index (χ4n) is 5.22. The maximum absolute atomic E-state index is 12.5. The number of benzene rings is 2. The van der Waals surface area contributed by atoms with Gasteiger partial charge in [0.05, 0.1) is 0 Å². The van der Waals surface area contributed by atoms with E-state index >= 15 is 0 Å². The van der Waals surface area contributed by atoms with Crippen LogP contribution in [-0.4, -0.2) is 56.5 Å². The lowest BCUT2D eigenvalue weighted by atomic mass is 9.74. The van der Waals surface area contributed by atoms with Gasteiger partial charge in [-0.1, -0.05) is 42.5 Å². The summed E-state index contributed by atoms with van der Waals surface area (Å²) in [6.07, 6.45) is 4.35. The zero-order valence-electron chi connectivity index (χ0n) is 21.8. The van der Waals surface area contributed by atoms with Crippen LogP contribution in [0.1, 0.15) is 56.6 Å². The lowest BCUT2D eigenvalue weighted by Crippen LogP contribution is -2.48. The van der Waals surface area contributed by atoms with E-state index in [0.717, 1.165) is 38.8 Å². The summed E-state index contributed by atoms with van der Waals surface area (Å²) in [6.45, 7) is 6.38. The van der Waals surface area contributed by atoms with E-state index in [1.165, 1.54) is 16.8 Å². The Labute approximate surface area is 211 Å². The molecule has 2 amide bonds. The normalized spacial score (nSPS) is 19.9. The number of carbonyl (C=O) groups excluding carboxylic acids is 2. The molecule has 2 aromatic rings. The first-order valence-corrected chi connectivity index (χ1v) is 12.9. The van der Waals surface area contributed by atoms with Crippen LogP contribution in [0.5, 0.6) is 0 Å². The number of nitrogens with zero attached hydrogens (tertiary/aromatic N) is 2. The molecule has 35 heavy (non-hydrogen) atoms. The molecule has 3 rings (SSSR count). The fourth-order valence-corrected chi connectivity index (χ4v) is 5.22. The summed E-state index contributed by atoms with van der Waals surface area (Å²) in [5, 5.41) is 6.13. The second kappa shape index (κ2) is 12.7.